The molecular formula is C28H33F3N4O5. The van der Waals surface area contributed by atoms with Crippen LogP contribution in [0.4, 0.5) is 23.7 Å². The van der Waals surface area contributed by atoms with Crippen LogP contribution >= 0.6 is 0 Å². The molecule has 0 saturated carbocycles. The Bertz CT molecular complexity index is 1230. The average molecular weight is 563 g/mol. The molecule has 2 aromatic rings. The van der Waals surface area contributed by atoms with E-state index in [2.05, 4.69) is 5.32 Å². The topological polar surface area (TPSA) is 102 Å². The van der Waals surface area contributed by atoms with Gasteiger partial charge < -0.3 is 29.9 Å². The summed E-state index contributed by atoms with van der Waals surface area (Å²) < 4.78 is 46.1. The Morgan fingerprint density at radius 1 is 1.12 bits per heavy atom. The second-order valence-corrected chi connectivity index (χ2v) is 10.0. The number of hydrogen-bond donors (Lipinski definition) is 2. The molecule has 0 aliphatic carbocycles. The van der Waals surface area contributed by atoms with Gasteiger partial charge in [0.25, 0.3) is 0 Å². The number of amides is 3. The summed E-state index contributed by atoms with van der Waals surface area (Å²) in [7, 11) is 1.33. The highest BCUT2D eigenvalue weighted by atomic mass is 19.4. The van der Waals surface area contributed by atoms with E-state index in [-0.39, 0.29) is 43.6 Å². The molecule has 2 aliphatic heterocycles. The van der Waals surface area contributed by atoms with Crippen molar-refractivity contribution in [1.29, 1.82) is 0 Å². The van der Waals surface area contributed by atoms with Crippen LogP contribution in [0.25, 0.3) is 0 Å². The number of carbonyl (C=O) groups excluding carboxylic acids is 2. The summed E-state index contributed by atoms with van der Waals surface area (Å²) >= 11 is 0. The monoisotopic (exact) mass is 562 g/mol. The van der Waals surface area contributed by atoms with E-state index in [4.69, 9.17) is 4.74 Å². The summed E-state index contributed by atoms with van der Waals surface area (Å²) in [5.41, 5.74) is 1.76. The fourth-order valence-electron chi connectivity index (χ4n) is 5.03. The third kappa shape index (κ3) is 7.04. The number of anilines is 1. The van der Waals surface area contributed by atoms with Gasteiger partial charge in [0, 0.05) is 52.1 Å². The van der Waals surface area contributed by atoms with Crippen LogP contribution in [-0.4, -0.2) is 84.2 Å². The Hall–Kier alpha value is -3.80. The number of nitrogens with one attached hydrogen (secondary N) is 1. The SMILES string of the molecule is CN(CCN(Cc1ccccc1C(F)(F)F)C(=O)CNc1cccc2c1CCN(C(=O)[C@H]1CCOC1)C2)C(=O)O. The predicted molar refractivity (Wildman–Crippen MR) is 140 cm³/mol. The first-order valence-electron chi connectivity index (χ1n) is 13.1. The van der Waals surface area contributed by atoms with Crippen molar-refractivity contribution in [2.45, 2.75) is 32.1 Å². The van der Waals surface area contributed by atoms with Crippen LogP contribution in [0.15, 0.2) is 42.5 Å². The van der Waals surface area contributed by atoms with Gasteiger partial charge in [-0.05, 0) is 41.7 Å². The molecule has 40 heavy (non-hydrogen) atoms. The summed E-state index contributed by atoms with van der Waals surface area (Å²) in [5, 5.41) is 12.3. The third-order valence-electron chi connectivity index (χ3n) is 7.36. The van der Waals surface area contributed by atoms with E-state index in [1.807, 2.05) is 23.1 Å². The van der Waals surface area contributed by atoms with Gasteiger partial charge in [-0.3, -0.25) is 9.59 Å². The van der Waals surface area contributed by atoms with Gasteiger partial charge in [-0.25, -0.2) is 4.79 Å². The maximum Gasteiger partial charge on any atom is 0.416 e. The molecule has 2 N–H and O–H groups in total. The molecule has 3 amide bonds. The number of alkyl halides is 3. The Morgan fingerprint density at radius 3 is 2.60 bits per heavy atom. The van der Waals surface area contributed by atoms with Crippen LogP contribution in [0.2, 0.25) is 0 Å². The summed E-state index contributed by atoms with van der Waals surface area (Å²) in [5.74, 6) is -0.505. The molecule has 216 valence electrons. The average Bonchev–Trinajstić information content (AvgIpc) is 3.47. The van der Waals surface area contributed by atoms with Gasteiger partial charge in [0.05, 0.1) is 24.6 Å². The molecule has 0 bridgehead atoms. The minimum absolute atomic E-state index is 0.0636. The van der Waals surface area contributed by atoms with Crippen molar-refractivity contribution in [2.24, 2.45) is 5.92 Å². The smallest absolute Gasteiger partial charge is 0.416 e. The first-order chi connectivity index (χ1) is 19.0. The zero-order valence-corrected chi connectivity index (χ0v) is 22.2. The van der Waals surface area contributed by atoms with Crippen molar-refractivity contribution in [1.82, 2.24) is 14.7 Å². The lowest BCUT2D eigenvalue weighted by molar-refractivity contribution is -0.139. The number of carboxylic acid groups (broad SMARTS) is 1. The maximum absolute atomic E-state index is 13.6. The molecule has 2 aromatic carbocycles. The van der Waals surface area contributed by atoms with Crippen molar-refractivity contribution < 1.29 is 37.4 Å². The second kappa shape index (κ2) is 12.6. The number of likely N-dealkylation sites (N-methyl/N-ethyl adjacent to an activating group) is 1. The van der Waals surface area contributed by atoms with E-state index in [9.17, 15) is 32.7 Å². The van der Waals surface area contributed by atoms with Crippen molar-refractivity contribution in [3.8, 4) is 0 Å². The van der Waals surface area contributed by atoms with Gasteiger partial charge >= 0.3 is 12.3 Å². The number of hydrogen-bond acceptors (Lipinski definition) is 5. The van der Waals surface area contributed by atoms with Gasteiger partial charge in [-0.2, -0.15) is 13.2 Å². The lowest BCUT2D eigenvalue weighted by atomic mass is 9.96. The fourth-order valence-corrected chi connectivity index (χ4v) is 5.03. The van der Waals surface area contributed by atoms with Crippen LogP contribution in [0.1, 0.15) is 28.7 Å². The molecule has 1 atom stereocenters. The number of carbonyl (C=O) groups is 3. The number of rotatable bonds is 9. The van der Waals surface area contributed by atoms with Gasteiger partial charge in [-0.1, -0.05) is 30.3 Å². The van der Waals surface area contributed by atoms with Crippen LogP contribution in [0, 0.1) is 5.92 Å². The van der Waals surface area contributed by atoms with Crippen LogP contribution in [0.3, 0.4) is 0 Å². The molecular weight excluding hydrogens is 529 g/mol. The Balaban J connectivity index is 1.46. The molecule has 2 aliphatic rings. The van der Waals surface area contributed by atoms with Crippen LogP contribution in [0.5, 0.6) is 0 Å². The summed E-state index contributed by atoms with van der Waals surface area (Å²) in [6, 6.07) is 10.6. The summed E-state index contributed by atoms with van der Waals surface area (Å²) in [6.45, 7) is 1.37. The molecule has 0 spiro atoms. The zero-order valence-electron chi connectivity index (χ0n) is 22.2. The molecule has 0 radical (unpaired) electrons. The van der Waals surface area contributed by atoms with E-state index < -0.39 is 23.7 Å². The quantitative estimate of drug-likeness (QED) is 0.484. The van der Waals surface area contributed by atoms with Crippen molar-refractivity contribution in [2.75, 3.05) is 51.8 Å². The standard InChI is InChI=1S/C28H33F3N4O5/c1-33(27(38)39)12-13-34(17-20-5-2-3-7-23(20)28(29,30)31)25(36)15-32-24-8-4-6-19-16-35(11-9-22(19)24)26(37)21-10-14-40-18-21/h2-8,21,32H,9-18H2,1H3,(H,38,39)/t21-/m0/s1. The number of fused-ring (bicyclic) bond motifs is 1. The van der Waals surface area contributed by atoms with E-state index in [1.165, 1.54) is 30.1 Å². The van der Waals surface area contributed by atoms with E-state index in [0.29, 0.717) is 32.7 Å². The number of benzene rings is 2. The van der Waals surface area contributed by atoms with Gasteiger partial charge in [0.2, 0.25) is 11.8 Å². The molecule has 0 unspecified atom stereocenters. The molecule has 12 heteroatoms. The highest BCUT2D eigenvalue weighted by Crippen LogP contribution is 2.32. The van der Waals surface area contributed by atoms with E-state index >= 15 is 0 Å². The molecule has 2 heterocycles. The number of nitrogens with zero attached hydrogens (tertiary/aromatic N) is 3. The van der Waals surface area contributed by atoms with E-state index in [0.717, 1.165) is 34.2 Å². The van der Waals surface area contributed by atoms with E-state index in [1.54, 1.807) is 0 Å². The van der Waals surface area contributed by atoms with Crippen LogP contribution in [-0.2, 0) is 40.0 Å². The fraction of sp³-hybridized carbons (Fsp3) is 0.464. The summed E-state index contributed by atoms with van der Waals surface area (Å²) in [4.78, 5) is 41.4. The zero-order chi connectivity index (χ0) is 28.9. The van der Waals surface area contributed by atoms with Crippen molar-refractivity contribution >= 4 is 23.6 Å². The first-order valence-corrected chi connectivity index (χ1v) is 13.1. The first kappa shape index (κ1) is 29.2. The molecule has 1 saturated heterocycles. The van der Waals surface area contributed by atoms with Gasteiger partial charge in [0.15, 0.2) is 0 Å². The maximum atomic E-state index is 13.6. The highest BCUT2D eigenvalue weighted by molar-refractivity contribution is 5.82. The second-order valence-electron chi connectivity index (χ2n) is 10.0. The Morgan fingerprint density at radius 2 is 1.90 bits per heavy atom. The van der Waals surface area contributed by atoms with Gasteiger partial charge in [0.1, 0.15) is 0 Å². The number of ether oxygens (including phenoxy) is 1. The van der Waals surface area contributed by atoms with Crippen molar-refractivity contribution in [3.63, 3.8) is 0 Å². The lowest BCUT2D eigenvalue weighted by Crippen LogP contribution is -2.42. The lowest BCUT2D eigenvalue weighted by Gasteiger charge is -2.32. The Kier molecular flexibility index (Phi) is 9.18. The minimum Gasteiger partial charge on any atom is -0.465 e. The largest absolute Gasteiger partial charge is 0.465 e. The minimum atomic E-state index is -4.59. The normalized spacial score (nSPS) is 16.8. The summed E-state index contributed by atoms with van der Waals surface area (Å²) in [6.07, 6.45) is -4.48. The number of halogens is 3. The molecule has 1 fully saturated rings. The molecule has 0 aromatic heterocycles. The van der Waals surface area contributed by atoms with Crippen molar-refractivity contribution in [3.05, 3.63) is 64.7 Å². The molecule has 9 nitrogen and oxygen atoms in total. The Labute approximate surface area is 230 Å². The van der Waals surface area contributed by atoms with Gasteiger partial charge in [-0.15, -0.1) is 0 Å². The highest BCUT2D eigenvalue weighted by Gasteiger charge is 2.34. The van der Waals surface area contributed by atoms with Crippen LogP contribution < -0.4 is 5.32 Å². The third-order valence-corrected chi connectivity index (χ3v) is 7.36. The predicted octanol–water partition coefficient (Wildman–Crippen LogP) is 3.68. The molecule has 4 rings (SSSR count).